The number of carbonyl (C=O) groups is 1. The Bertz CT molecular complexity index is 732. The number of aliphatic hydroxyl groups excluding tert-OH is 1. The average molecular weight is 298 g/mol. The van der Waals surface area contributed by atoms with E-state index < -0.39 is 0 Å². The zero-order valence-electron chi connectivity index (χ0n) is 13.0. The summed E-state index contributed by atoms with van der Waals surface area (Å²) < 4.78 is 1.97. The maximum Gasteiger partial charge on any atom is 0.231 e. The fourth-order valence-electron chi connectivity index (χ4n) is 4.10. The van der Waals surface area contributed by atoms with E-state index in [1.807, 2.05) is 17.6 Å². The van der Waals surface area contributed by atoms with Gasteiger partial charge in [-0.2, -0.15) is 0 Å². The molecule has 1 N–H and O–H groups in total. The first-order valence-electron chi connectivity index (χ1n) is 8.24. The molecule has 0 aliphatic carbocycles. The van der Waals surface area contributed by atoms with Gasteiger partial charge in [0, 0.05) is 30.6 Å². The third kappa shape index (κ3) is 2.02. The Morgan fingerprint density at radius 3 is 2.95 bits per heavy atom. The summed E-state index contributed by atoms with van der Waals surface area (Å²) in [5, 5.41) is 10.8. The average Bonchev–Trinajstić information content (AvgIpc) is 2.86. The summed E-state index contributed by atoms with van der Waals surface area (Å²) in [6.45, 7) is 3.76. The molecule has 0 amide bonds. The highest BCUT2D eigenvalue weighted by atomic mass is 16.3. The van der Waals surface area contributed by atoms with E-state index in [1.54, 1.807) is 0 Å². The summed E-state index contributed by atoms with van der Waals surface area (Å²) in [5.74, 6) is 0.228. The van der Waals surface area contributed by atoms with Gasteiger partial charge in [0.15, 0.2) is 0 Å². The molecule has 116 valence electrons. The Balaban J connectivity index is 1.82. The van der Waals surface area contributed by atoms with Crippen LogP contribution < -0.4 is 0 Å². The normalized spacial score (nSPS) is 22.8. The molecule has 2 atom stereocenters. The van der Waals surface area contributed by atoms with Crippen LogP contribution in [0.3, 0.4) is 0 Å². The van der Waals surface area contributed by atoms with Gasteiger partial charge in [0.1, 0.15) is 0 Å². The predicted octanol–water partition coefficient (Wildman–Crippen LogP) is 2.75. The van der Waals surface area contributed by atoms with Crippen LogP contribution in [0.1, 0.15) is 48.3 Å². The van der Waals surface area contributed by atoms with E-state index in [4.69, 9.17) is 0 Å². The maximum atomic E-state index is 12.5. The zero-order valence-corrected chi connectivity index (χ0v) is 13.0. The quantitative estimate of drug-likeness (QED) is 0.947. The first-order valence-corrected chi connectivity index (χ1v) is 8.24. The third-order valence-corrected chi connectivity index (χ3v) is 5.14. The standard InChI is InChI=1S/C18H22N2O2/c1-12(21)8-10-19-11-9-14-13-4-2-3-5-15(13)20-17(22)7-6-16(19)18(14)20/h2-5,12,16,21H,6-11H2,1H3. The lowest BCUT2D eigenvalue weighted by atomic mass is 9.92. The number of hydrogen-bond donors (Lipinski definition) is 1. The maximum absolute atomic E-state index is 12.5. The molecule has 2 aromatic rings. The van der Waals surface area contributed by atoms with Crippen LogP contribution in [0, 0.1) is 0 Å². The van der Waals surface area contributed by atoms with E-state index in [2.05, 4.69) is 23.1 Å². The lowest BCUT2D eigenvalue weighted by molar-refractivity contribution is 0.0780. The van der Waals surface area contributed by atoms with Crippen molar-refractivity contribution in [1.29, 1.82) is 0 Å². The molecule has 3 heterocycles. The van der Waals surface area contributed by atoms with Gasteiger partial charge in [-0.05, 0) is 37.8 Å². The SMILES string of the molecule is CC(O)CCN1CCc2c3n(c4ccccc24)C(=O)CCC31. The number of rotatable bonds is 3. The molecule has 1 aromatic carbocycles. The molecule has 0 radical (unpaired) electrons. The summed E-state index contributed by atoms with van der Waals surface area (Å²) >= 11 is 0. The highest BCUT2D eigenvalue weighted by molar-refractivity contribution is 5.97. The molecule has 22 heavy (non-hydrogen) atoms. The monoisotopic (exact) mass is 298 g/mol. The Kier molecular flexibility index (Phi) is 3.31. The minimum Gasteiger partial charge on any atom is -0.393 e. The van der Waals surface area contributed by atoms with Gasteiger partial charge in [0.05, 0.1) is 17.7 Å². The lowest BCUT2D eigenvalue weighted by Gasteiger charge is -2.39. The van der Waals surface area contributed by atoms with Crippen molar-refractivity contribution in [2.75, 3.05) is 13.1 Å². The largest absolute Gasteiger partial charge is 0.393 e. The number of nitrogens with zero attached hydrogens (tertiary/aromatic N) is 2. The Labute approximate surface area is 130 Å². The van der Waals surface area contributed by atoms with Crippen LogP contribution in [-0.4, -0.2) is 39.7 Å². The molecule has 2 aliphatic rings. The second kappa shape index (κ2) is 5.21. The summed E-state index contributed by atoms with van der Waals surface area (Å²) in [7, 11) is 0. The van der Waals surface area contributed by atoms with Gasteiger partial charge in [-0.15, -0.1) is 0 Å². The van der Waals surface area contributed by atoms with E-state index in [0.717, 1.165) is 37.9 Å². The van der Waals surface area contributed by atoms with E-state index in [0.29, 0.717) is 12.5 Å². The number of carbonyl (C=O) groups excluding carboxylic acids is 1. The predicted molar refractivity (Wildman–Crippen MR) is 86.1 cm³/mol. The van der Waals surface area contributed by atoms with Crippen molar-refractivity contribution in [2.45, 2.75) is 44.8 Å². The molecule has 0 bridgehead atoms. The Hall–Kier alpha value is -1.65. The highest BCUT2D eigenvalue weighted by Crippen LogP contribution is 2.42. The molecule has 4 heteroatoms. The number of hydrogen-bond acceptors (Lipinski definition) is 3. The van der Waals surface area contributed by atoms with Crippen LogP contribution in [0.2, 0.25) is 0 Å². The van der Waals surface area contributed by atoms with E-state index >= 15 is 0 Å². The molecular formula is C18H22N2O2. The smallest absolute Gasteiger partial charge is 0.231 e. The fraction of sp³-hybridized carbons (Fsp3) is 0.500. The Morgan fingerprint density at radius 1 is 1.32 bits per heavy atom. The van der Waals surface area contributed by atoms with Crippen molar-refractivity contribution in [2.24, 2.45) is 0 Å². The van der Waals surface area contributed by atoms with Gasteiger partial charge in [-0.25, -0.2) is 0 Å². The number of aromatic nitrogens is 1. The van der Waals surface area contributed by atoms with Crippen molar-refractivity contribution in [1.82, 2.24) is 9.47 Å². The first-order chi connectivity index (χ1) is 10.7. The summed E-state index contributed by atoms with van der Waals surface area (Å²) in [5.41, 5.74) is 3.65. The van der Waals surface area contributed by atoms with Gasteiger partial charge in [0.25, 0.3) is 0 Å². The highest BCUT2D eigenvalue weighted by Gasteiger charge is 2.37. The number of para-hydroxylation sites is 1. The molecule has 0 saturated heterocycles. The van der Waals surface area contributed by atoms with Crippen molar-refractivity contribution < 1.29 is 9.90 Å². The van der Waals surface area contributed by atoms with Crippen LogP contribution in [0.4, 0.5) is 0 Å². The number of aliphatic hydroxyl groups is 1. The molecule has 2 unspecified atom stereocenters. The Morgan fingerprint density at radius 2 is 2.14 bits per heavy atom. The molecule has 0 spiro atoms. The molecule has 0 saturated carbocycles. The van der Waals surface area contributed by atoms with Crippen molar-refractivity contribution in [3.63, 3.8) is 0 Å². The lowest BCUT2D eigenvalue weighted by Crippen LogP contribution is -2.41. The molecule has 4 nitrogen and oxygen atoms in total. The topological polar surface area (TPSA) is 45.5 Å². The van der Waals surface area contributed by atoms with Gasteiger partial charge >= 0.3 is 0 Å². The molecule has 2 aliphatic heterocycles. The third-order valence-electron chi connectivity index (χ3n) is 5.14. The van der Waals surface area contributed by atoms with E-state index in [1.165, 1.54) is 16.6 Å². The van der Waals surface area contributed by atoms with Gasteiger partial charge in [-0.1, -0.05) is 18.2 Å². The number of fused-ring (bicyclic) bond motifs is 3. The van der Waals surface area contributed by atoms with Crippen LogP contribution in [0.5, 0.6) is 0 Å². The summed E-state index contributed by atoms with van der Waals surface area (Å²) in [4.78, 5) is 14.9. The van der Waals surface area contributed by atoms with Crippen LogP contribution >= 0.6 is 0 Å². The van der Waals surface area contributed by atoms with Crippen molar-refractivity contribution >= 4 is 16.8 Å². The van der Waals surface area contributed by atoms with Gasteiger partial charge in [-0.3, -0.25) is 14.3 Å². The molecule has 4 rings (SSSR count). The zero-order chi connectivity index (χ0) is 15.3. The summed E-state index contributed by atoms with van der Waals surface area (Å²) in [6.07, 6.45) is 3.03. The molecule has 0 fully saturated rings. The second-order valence-electron chi connectivity index (χ2n) is 6.59. The van der Waals surface area contributed by atoms with Crippen LogP contribution in [-0.2, 0) is 6.42 Å². The van der Waals surface area contributed by atoms with Crippen molar-refractivity contribution in [3.8, 4) is 0 Å². The second-order valence-corrected chi connectivity index (χ2v) is 6.59. The number of benzene rings is 1. The fourth-order valence-corrected chi connectivity index (χ4v) is 4.10. The minimum atomic E-state index is -0.266. The summed E-state index contributed by atoms with van der Waals surface area (Å²) in [6, 6.07) is 8.61. The van der Waals surface area contributed by atoms with E-state index in [-0.39, 0.29) is 12.0 Å². The molecule has 1 aromatic heterocycles. The van der Waals surface area contributed by atoms with Gasteiger partial charge < -0.3 is 5.11 Å². The molecular weight excluding hydrogens is 276 g/mol. The van der Waals surface area contributed by atoms with Crippen LogP contribution in [0.25, 0.3) is 10.9 Å². The van der Waals surface area contributed by atoms with Gasteiger partial charge in [0.2, 0.25) is 5.91 Å². The first kappa shape index (κ1) is 14.0. The van der Waals surface area contributed by atoms with Crippen molar-refractivity contribution in [3.05, 3.63) is 35.5 Å². The minimum absolute atomic E-state index is 0.228. The van der Waals surface area contributed by atoms with Crippen LogP contribution in [0.15, 0.2) is 24.3 Å². The van der Waals surface area contributed by atoms with E-state index in [9.17, 15) is 9.90 Å².